The van der Waals surface area contributed by atoms with Crippen LogP contribution < -0.4 is 20.4 Å². The van der Waals surface area contributed by atoms with Crippen LogP contribution in [0.25, 0.3) is 0 Å². The molecule has 2 N–H and O–H groups in total. The Hall–Kier alpha value is -4.20. The Kier molecular flexibility index (Phi) is 12.6. The van der Waals surface area contributed by atoms with E-state index in [4.69, 9.17) is 0 Å². The molecule has 0 saturated heterocycles. The first-order chi connectivity index (χ1) is 23.3. The maximum absolute atomic E-state index is 14.1. The van der Waals surface area contributed by atoms with Crippen LogP contribution in [0.2, 0.25) is 0 Å². The number of amides is 4. The number of carbonyl (C=O) groups excluding carboxylic acids is 2. The van der Waals surface area contributed by atoms with Gasteiger partial charge in [-0.1, -0.05) is 99.9 Å². The summed E-state index contributed by atoms with van der Waals surface area (Å²) in [6, 6.07) is 24.8. The van der Waals surface area contributed by atoms with Gasteiger partial charge in [0.25, 0.3) is 0 Å². The van der Waals surface area contributed by atoms with Crippen molar-refractivity contribution in [2.45, 2.75) is 102 Å². The summed E-state index contributed by atoms with van der Waals surface area (Å²) in [4.78, 5) is 36.3. The van der Waals surface area contributed by atoms with Crippen LogP contribution in [0.5, 0.6) is 0 Å². The van der Waals surface area contributed by atoms with Gasteiger partial charge in [0.1, 0.15) is 0 Å². The van der Waals surface area contributed by atoms with E-state index in [2.05, 4.69) is 44.7 Å². The first kappa shape index (κ1) is 35.1. The molecule has 4 amide bonds. The van der Waals surface area contributed by atoms with Gasteiger partial charge in [-0.2, -0.15) is 0 Å². The van der Waals surface area contributed by atoms with Crippen LogP contribution in [0.3, 0.4) is 0 Å². The standard InChI is InChI=1S/C40H56N6O2/c1-43(2)37-26-15-13-24-35(37)41-39(47)45(33-20-9-5-6-10-21-33)29-31-18-17-19-32(28-31)30-46(34-22-11-7-8-12-23-34)40(48)42-36-25-14-16-27-38(36)44(3)4/h13-19,24-28,33-34H,5-12,20-23,29-30H2,1-4H3,(H,41,47)(H,42,48). The number of anilines is 4. The first-order valence-electron chi connectivity index (χ1n) is 18.1. The lowest BCUT2D eigenvalue weighted by Crippen LogP contribution is -2.43. The lowest BCUT2D eigenvalue weighted by atomic mass is 10.0. The van der Waals surface area contributed by atoms with Gasteiger partial charge in [0.15, 0.2) is 0 Å². The van der Waals surface area contributed by atoms with Crippen molar-refractivity contribution in [1.29, 1.82) is 0 Å². The van der Waals surface area contributed by atoms with Crippen molar-refractivity contribution in [2.75, 3.05) is 48.6 Å². The van der Waals surface area contributed by atoms with Gasteiger partial charge in [0.05, 0.1) is 22.7 Å². The van der Waals surface area contributed by atoms with E-state index in [0.29, 0.717) is 13.1 Å². The molecule has 8 heteroatoms. The Balaban J connectivity index is 1.38. The van der Waals surface area contributed by atoms with Crippen LogP contribution >= 0.6 is 0 Å². The maximum atomic E-state index is 14.1. The number of nitrogens with one attached hydrogen (secondary N) is 2. The number of hydrogen-bond acceptors (Lipinski definition) is 4. The zero-order valence-corrected chi connectivity index (χ0v) is 29.6. The van der Waals surface area contributed by atoms with Crippen LogP contribution in [0, 0.1) is 0 Å². The van der Waals surface area contributed by atoms with Crippen LogP contribution in [-0.2, 0) is 13.1 Å². The van der Waals surface area contributed by atoms with E-state index < -0.39 is 0 Å². The van der Waals surface area contributed by atoms with E-state index in [1.54, 1.807) is 0 Å². The van der Waals surface area contributed by atoms with Crippen LogP contribution in [0.15, 0.2) is 72.8 Å². The minimum atomic E-state index is -0.0550. The molecule has 0 bridgehead atoms. The largest absolute Gasteiger partial charge is 0.376 e. The van der Waals surface area contributed by atoms with Gasteiger partial charge in [0, 0.05) is 53.4 Å². The highest BCUT2D eigenvalue weighted by Gasteiger charge is 2.28. The second-order valence-electron chi connectivity index (χ2n) is 14.0. The highest BCUT2D eigenvalue weighted by molar-refractivity contribution is 5.94. The number of hydrogen-bond donors (Lipinski definition) is 2. The summed E-state index contributed by atoms with van der Waals surface area (Å²) in [5, 5.41) is 6.51. The Morgan fingerprint density at radius 1 is 0.542 bits per heavy atom. The Morgan fingerprint density at radius 2 is 0.917 bits per heavy atom. The summed E-state index contributed by atoms with van der Waals surface area (Å²) in [5.41, 5.74) is 5.79. The van der Waals surface area contributed by atoms with Gasteiger partial charge >= 0.3 is 12.1 Å². The highest BCUT2D eigenvalue weighted by Crippen LogP contribution is 2.30. The van der Waals surface area contributed by atoms with Gasteiger partial charge in [-0.05, 0) is 61.1 Å². The minimum Gasteiger partial charge on any atom is -0.376 e. The zero-order valence-electron chi connectivity index (χ0n) is 29.6. The summed E-state index contributed by atoms with van der Waals surface area (Å²) in [6.45, 7) is 1.06. The van der Waals surface area contributed by atoms with Gasteiger partial charge in [0.2, 0.25) is 0 Å². The Bertz CT molecular complexity index is 1370. The number of rotatable bonds is 10. The van der Waals surface area contributed by atoms with Crippen molar-refractivity contribution in [2.24, 2.45) is 0 Å². The Labute approximate surface area is 288 Å². The van der Waals surface area contributed by atoms with E-state index in [1.807, 2.05) is 86.5 Å². The third kappa shape index (κ3) is 9.45. The molecule has 0 spiro atoms. The topological polar surface area (TPSA) is 71.2 Å². The van der Waals surface area contributed by atoms with E-state index in [1.165, 1.54) is 25.7 Å². The summed E-state index contributed by atoms with van der Waals surface area (Å²) >= 11 is 0. The van der Waals surface area contributed by atoms with Crippen LogP contribution in [0.4, 0.5) is 32.3 Å². The van der Waals surface area contributed by atoms with Gasteiger partial charge in [-0.3, -0.25) is 0 Å². The number of urea groups is 2. The summed E-state index contributed by atoms with van der Waals surface area (Å²) in [7, 11) is 8.00. The van der Waals surface area contributed by atoms with Crippen molar-refractivity contribution < 1.29 is 9.59 Å². The number of para-hydroxylation sites is 4. The predicted molar refractivity (Wildman–Crippen MR) is 200 cm³/mol. The van der Waals surface area contributed by atoms with E-state index in [-0.39, 0.29) is 24.1 Å². The fourth-order valence-corrected chi connectivity index (χ4v) is 7.40. The van der Waals surface area contributed by atoms with Crippen molar-refractivity contribution in [3.63, 3.8) is 0 Å². The molecule has 0 atom stereocenters. The first-order valence-corrected chi connectivity index (χ1v) is 18.1. The molecule has 0 aromatic heterocycles. The van der Waals surface area contributed by atoms with Crippen molar-refractivity contribution in [3.8, 4) is 0 Å². The molecule has 0 aliphatic heterocycles. The summed E-state index contributed by atoms with van der Waals surface area (Å²) < 4.78 is 0. The lowest BCUT2D eigenvalue weighted by molar-refractivity contribution is 0.174. The molecule has 2 saturated carbocycles. The SMILES string of the molecule is CN(C)c1ccccc1NC(=O)N(Cc1cccc(CN(C(=O)Nc2ccccc2N(C)C)C2CCCCCC2)c1)C1CCCCCC1. The van der Waals surface area contributed by atoms with Crippen LogP contribution in [0.1, 0.15) is 88.2 Å². The normalized spacial score (nSPS) is 15.9. The molecule has 0 unspecified atom stereocenters. The van der Waals surface area contributed by atoms with Crippen molar-refractivity contribution in [1.82, 2.24) is 9.80 Å². The summed E-state index contributed by atoms with van der Waals surface area (Å²) in [5.74, 6) is 0. The van der Waals surface area contributed by atoms with Crippen molar-refractivity contribution >= 4 is 34.8 Å². The molecular weight excluding hydrogens is 596 g/mol. The highest BCUT2D eigenvalue weighted by atomic mass is 16.2. The van der Waals surface area contributed by atoms with Crippen LogP contribution in [-0.4, -0.2) is 62.1 Å². The van der Waals surface area contributed by atoms with Gasteiger partial charge in [-0.25, -0.2) is 9.59 Å². The zero-order chi connectivity index (χ0) is 33.9. The lowest BCUT2D eigenvalue weighted by Gasteiger charge is -2.33. The third-order valence-corrected chi connectivity index (χ3v) is 10.0. The minimum absolute atomic E-state index is 0.0550. The van der Waals surface area contributed by atoms with Gasteiger partial charge in [-0.15, -0.1) is 0 Å². The fourth-order valence-electron chi connectivity index (χ4n) is 7.40. The number of nitrogens with zero attached hydrogens (tertiary/aromatic N) is 4. The molecular formula is C40H56N6O2. The number of benzene rings is 3. The van der Waals surface area contributed by atoms with Crippen molar-refractivity contribution in [3.05, 3.63) is 83.9 Å². The molecule has 258 valence electrons. The Morgan fingerprint density at radius 3 is 1.29 bits per heavy atom. The molecule has 2 fully saturated rings. The van der Waals surface area contributed by atoms with E-state index in [0.717, 1.165) is 85.2 Å². The quantitative estimate of drug-likeness (QED) is 0.214. The molecule has 5 rings (SSSR count). The number of carbonyl (C=O) groups is 2. The molecule has 2 aliphatic rings. The van der Waals surface area contributed by atoms with E-state index in [9.17, 15) is 9.59 Å². The average Bonchev–Trinajstić information content (AvgIpc) is 3.53. The average molecular weight is 653 g/mol. The molecule has 0 heterocycles. The second-order valence-corrected chi connectivity index (χ2v) is 14.0. The molecule has 3 aromatic rings. The predicted octanol–water partition coefficient (Wildman–Crippen LogP) is 9.33. The van der Waals surface area contributed by atoms with Gasteiger partial charge < -0.3 is 30.2 Å². The summed E-state index contributed by atoms with van der Waals surface area (Å²) in [6.07, 6.45) is 13.6. The maximum Gasteiger partial charge on any atom is 0.322 e. The smallest absolute Gasteiger partial charge is 0.322 e. The molecule has 48 heavy (non-hydrogen) atoms. The molecule has 3 aromatic carbocycles. The third-order valence-electron chi connectivity index (χ3n) is 10.0. The monoisotopic (exact) mass is 652 g/mol. The fraction of sp³-hybridized carbons (Fsp3) is 0.500. The second kappa shape index (κ2) is 17.3. The molecule has 8 nitrogen and oxygen atoms in total. The molecule has 0 radical (unpaired) electrons. The van der Waals surface area contributed by atoms with E-state index >= 15 is 0 Å². The molecule has 2 aliphatic carbocycles.